The molecule has 0 bridgehead atoms. The molecule has 0 aromatic heterocycles. The zero-order valence-electron chi connectivity index (χ0n) is 14.4. The summed E-state index contributed by atoms with van der Waals surface area (Å²) in [6, 6.07) is 0. The fraction of sp³-hybridized carbons (Fsp3) is 0.875. The highest BCUT2D eigenvalue weighted by Crippen LogP contribution is 2.24. The Morgan fingerprint density at radius 3 is 2.05 bits per heavy atom. The summed E-state index contributed by atoms with van der Waals surface area (Å²) in [6.45, 7) is 11.9. The first-order valence-corrected chi connectivity index (χ1v) is 7.91. The molecule has 5 nitrogen and oxygen atoms in total. The Labute approximate surface area is 129 Å². The van der Waals surface area contributed by atoms with Gasteiger partial charge in [0, 0.05) is 13.1 Å². The lowest BCUT2D eigenvalue weighted by Crippen LogP contribution is -2.57. The van der Waals surface area contributed by atoms with Crippen LogP contribution in [0.5, 0.6) is 0 Å². The van der Waals surface area contributed by atoms with Gasteiger partial charge < -0.3 is 15.8 Å². The largest absolute Gasteiger partial charge is 0.357 e. The molecule has 0 aromatic rings. The highest BCUT2D eigenvalue weighted by molar-refractivity contribution is 5.92. The Morgan fingerprint density at radius 2 is 1.71 bits per heavy atom. The van der Waals surface area contributed by atoms with Crippen molar-refractivity contribution in [1.82, 2.24) is 5.32 Å². The topological polar surface area (TPSA) is 81.4 Å². The van der Waals surface area contributed by atoms with Crippen molar-refractivity contribution in [2.45, 2.75) is 78.0 Å². The van der Waals surface area contributed by atoms with Gasteiger partial charge in [-0.25, -0.2) is 0 Å². The molecule has 1 unspecified atom stereocenters. The van der Waals surface area contributed by atoms with Gasteiger partial charge >= 0.3 is 0 Å². The van der Waals surface area contributed by atoms with Crippen molar-refractivity contribution in [3.8, 4) is 0 Å². The molecule has 0 radical (unpaired) electrons. The molecule has 5 heteroatoms. The Kier molecular flexibility index (Phi) is 8.29. The lowest BCUT2D eigenvalue weighted by atomic mass is 9.85. The van der Waals surface area contributed by atoms with Crippen molar-refractivity contribution >= 4 is 11.6 Å². The molecular weight excluding hydrogens is 268 g/mol. The standard InChI is InChI=1S/C16H32N2O3/c1-7-15(6,13(5)19)21-12(4)14(20)16(8-2,9-3)18-11-10-17/h12,18H,7-11,17H2,1-6H3/t12-,15?/m0/s1. The fourth-order valence-corrected chi connectivity index (χ4v) is 2.50. The molecule has 0 fully saturated rings. The number of carbonyl (C=O) groups excluding carboxylic acids is 2. The van der Waals surface area contributed by atoms with Crippen LogP contribution in [0.1, 0.15) is 60.8 Å². The molecule has 0 saturated heterocycles. The number of nitrogens with one attached hydrogen (secondary N) is 1. The van der Waals surface area contributed by atoms with Gasteiger partial charge in [0.15, 0.2) is 11.6 Å². The van der Waals surface area contributed by atoms with E-state index >= 15 is 0 Å². The Hall–Kier alpha value is -0.780. The number of Topliss-reactive ketones (excluding diaryl/α,β-unsaturated/α-hetero) is 2. The van der Waals surface area contributed by atoms with E-state index in [1.165, 1.54) is 6.92 Å². The molecule has 21 heavy (non-hydrogen) atoms. The monoisotopic (exact) mass is 300 g/mol. The number of rotatable bonds is 11. The van der Waals surface area contributed by atoms with Crippen LogP contribution < -0.4 is 11.1 Å². The molecule has 0 heterocycles. The van der Waals surface area contributed by atoms with E-state index in [9.17, 15) is 9.59 Å². The summed E-state index contributed by atoms with van der Waals surface area (Å²) in [6.07, 6.45) is 1.24. The average molecular weight is 300 g/mol. The second kappa shape index (κ2) is 8.61. The third kappa shape index (κ3) is 4.87. The second-order valence-corrected chi connectivity index (χ2v) is 5.77. The fourth-order valence-electron chi connectivity index (χ4n) is 2.50. The van der Waals surface area contributed by atoms with Crippen LogP contribution in [0.3, 0.4) is 0 Å². The Morgan fingerprint density at radius 1 is 1.19 bits per heavy atom. The smallest absolute Gasteiger partial charge is 0.181 e. The first-order chi connectivity index (χ1) is 9.72. The number of carbonyl (C=O) groups is 2. The number of nitrogens with two attached hydrogens (primary N) is 1. The molecule has 0 aliphatic heterocycles. The summed E-state index contributed by atoms with van der Waals surface area (Å²) >= 11 is 0. The minimum atomic E-state index is -0.907. The predicted octanol–water partition coefficient (Wildman–Crippen LogP) is 1.83. The second-order valence-electron chi connectivity index (χ2n) is 5.77. The predicted molar refractivity (Wildman–Crippen MR) is 85.3 cm³/mol. The van der Waals surface area contributed by atoms with Crippen molar-refractivity contribution < 1.29 is 14.3 Å². The molecule has 124 valence electrons. The van der Waals surface area contributed by atoms with E-state index in [4.69, 9.17) is 10.5 Å². The lowest BCUT2D eigenvalue weighted by molar-refractivity contribution is -0.158. The van der Waals surface area contributed by atoms with Gasteiger partial charge in [-0.05, 0) is 40.0 Å². The summed E-state index contributed by atoms with van der Waals surface area (Å²) in [4.78, 5) is 24.6. The highest BCUT2D eigenvalue weighted by atomic mass is 16.5. The average Bonchev–Trinajstić information content (AvgIpc) is 2.48. The van der Waals surface area contributed by atoms with Gasteiger partial charge in [0.2, 0.25) is 0 Å². The van der Waals surface area contributed by atoms with Gasteiger partial charge in [-0.2, -0.15) is 0 Å². The van der Waals surface area contributed by atoms with E-state index in [-0.39, 0.29) is 11.6 Å². The third-order valence-electron chi connectivity index (χ3n) is 4.51. The highest BCUT2D eigenvalue weighted by Gasteiger charge is 2.40. The van der Waals surface area contributed by atoms with Crippen molar-refractivity contribution in [2.24, 2.45) is 5.73 Å². The minimum absolute atomic E-state index is 0.0122. The molecular formula is C16H32N2O3. The summed E-state index contributed by atoms with van der Waals surface area (Å²) in [7, 11) is 0. The van der Waals surface area contributed by atoms with Crippen LogP contribution in [-0.2, 0) is 14.3 Å². The number of ether oxygens (including phenoxy) is 1. The SMILES string of the molecule is CCC(CC)(NCCN)C(=O)[C@H](C)OC(C)(CC)C(C)=O. The van der Waals surface area contributed by atoms with Gasteiger partial charge in [0.1, 0.15) is 11.7 Å². The molecule has 0 aromatic carbocycles. The van der Waals surface area contributed by atoms with Crippen LogP contribution in [0.4, 0.5) is 0 Å². The molecule has 2 atom stereocenters. The lowest BCUT2D eigenvalue weighted by Gasteiger charge is -2.36. The van der Waals surface area contributed by atoms with Crippen molar-refractivity contribution in [1.29, 1.82) is 0 Å². The summed E-state index contributed by atoms with van der Waals surface area (Å²) in [5.74, 6) is -0.0694. The van der Waals surface area contributed by atoms with Gasteiger partial charge in [0.05, 0.1) is 5.54 Å². The summed E-state index contributed by atoms with van der Waals surface area (Å²) in [5.41, 5.74) is 3.99. The van der Waals surface area contributed by atoms with Crippen LogP contribution in [0.25, 0.3) is 0 Å². The molecule has 0 saturated carbocycles. The molecule has 0 spiro atoms. The molecule has 0 rings (SSSR count). The van der Waals surface area contributed by atoms with Crippen LogP contribution in [0.15, 0.2) is 0 Å². The van der Waals surface area contributed by atoms with Crippen molar-refractivity contribution in [3.63, 3.8) is 0 Å². The quantitative estimate of drug-likeness (QED) is 0.608. The number of ketones is 2. The molecule has 0 aliphatic rings. The molecule has 0 amide bonds. The zero-order valence-corrected chi connectivity index (χ0v) is 14.4. The van der Waals surface area contributed by atoms with Crippen LogP contribution in [0, 0.1) is 0 Å². The van der Waals surface area contributed by atoms with Gasteiger partial charge in [-0.3, -0.25) is 9.59 Å². The van der Waals surface area contributed by atoms with Crippen molar-refractivity contribution in [3.05, 3.63) is 0 Å². The first-order valence-electron chi connectivity index (χ1n) is 7.91. The van der Waals surface area contributed by atoms with E-state index in [2.05, 4.69) is 5.32 Å². The zero-order chi connectivity index (χ0) is 16.7. The maximum atomic E-state index is 12.8. The normalized spacial score (nSPS) is 16.3. The van der Waals surface area contributed by atoms with Crippen LogP contribution in [0.2, 0.25) is 0 Å². The van der Waals surface area contributed by atoms with E-state index in [1.54, 1.807) is 13.8 Å². The molecule has 3 N–H and O–H groups in total. The summed E-state index contributed by atoms with van der Waals surface area (Å²) in [5, 5.41) is 3.26. The van der Waals surface area contributed by atoms with E-state index < -0.39 is 17.2 Å². The maximum Gasteiger partial charge on any atom is 0.181 e. The van der Waals surface area contributed by atoms with Gasteiger partial charge in [0.25, 0.3) is 0 Å². The number of hydrogen-bond donors (Lipinski definition) is 2. The summed E-state index contributed by atoms with van der Waals surface area (Å²) < 4.78 is 5.83. The number of hydrogen-bond acceptors (Lipinski definition) is 5. The van der Waals surface area contributed by atoms with Crippen molar-refractivity contribution in [2.75, 3.05) is 13.1 Å². The van der Waals surface area contributed by atoms with Gasteiger partial charge in [-0.1, -0.05) is 20.8 Å². The first kappa shape index (κ1) is 20.2. The van der Waals surface area contributed by atoms with E-state index in [0.29, 0.717) is 32.4 Å². The minimum Gasteiger partial charge on any atom is -0.357 e. The third-order valence-corrected chi connectivity index (χ3v) is 4.51. The van der Waals surface area contributed by atoms with Gasteiger partial charge in [-0.15, -0.1) is 0 Å². The van der Waals surface area contributed by atoms with Crippen LogP contribution in [-0.4, -0.2) is 41.9 Å². The maximum absolute atomic E-state index is 12.8. The van der Waals surface area contributed by atoms with Crippen LogP contribution >= 0.6 is 0 Å². The van der Waals surface area contributed by atoms with E-state index in [1.807, 2.05) is 20.8 Å². The van der Waals surface area contributed by atoms with E-state index in [0.717, 1.165) is 0 Å². The Bertz CT molecular complexity index is 353. The molecule has 0 aliphatic carbocycles. The Balaban J connectivity index is 5.13.